The van der Waals surface area contributed by atoms with Crippen molar-refractivity contribution in [3.8, 4) is 0 Å². The Morgan fingerprint density at radius 1 is 1.30 bits per heavy atom. The first-order valence-corrected chi connectivity index (χ1v) is 9.60. The summed E-state index contributed by atoms with van der Waals surface area (Å²) in [7, 11) is -3.40. The fourth-order valence-corrected chi connectivity index (χ4v) is 4.41. The number of rotatable bonds is 7. The third kappa shape index (κ3) is 4.78. The number of carbonyl (C=O) groups excluding carboxylic acids is 1. The molecular weight excluding hydrogens is 314 g/mol. The number of sulfonamides is 1. The van der Waals surface area contributed by atoms with Crippen molar-refractivity contribution >= 4 is 16.0 Å². The molecule has 5 nitrogen and oxygen atoms in total. The van der Waals surface area contributed by atoms with Crippen LogP contribution in [0.4, 0.5) is 0 Å². The Morgan fingerprint density at radius 2 is 2.00 bits per heavy atom. The van der Waals surface area contributed by atoms with E-state index in [1.165, 1.54) is 0 Å². The lowest BCUT2D eigenvalue weighted by atomic mass is 10.0. The number of hydrogen-bond acceptors (Lipinski definition) is 4. The van der Waals surface area contributed by atoms with Gasteiger partial charge in [-0.3, -0.25) is 4.79 Å². The lowest BCUT2D eigenvalue weighted by molar-refractivity contribution is -0.143. The van der Waals surface area contributed by atoms with Gasteiger partial charge in [-0.2, -0.15) is 4.31 Å². The highest BCUT2D eigenvalue weighted by Crippen LogP contribution is 2.27. The Morgan fingerprint density at radius 3 is 2.65 bits per heavy atom. The molecule has 0 N–H and O–H groups in total. The minimum Gasteiger partial charge on any atom is -0.466 e. The van der Waals surface area contributed by atoms with Gasteiger partial charge in [-0.05, 0) is 51.2 Å². The molecule has 1 aromatic rings. The summed E-state index contributed by atoms with van der Waals surface area (Å²) < 4.78 is 31.7. The number of nitrogens with zero attached hydrogens (tertiary/aromatic N) is 1. The molecular formula is C17H25NO4S. The standard InChI is InChI=1S/C17H25NO4S/c1-3-22-17(19)6-4-5-15-11-12-18(13-15)23(20,21)16-9-7-14(2)8-10-16/h7-10,15H,3-6,11-13H2,1-2H3. The minimum absolute atomic E-state index is 0.172. The second-order valence-corrected chi connectivity index (χ2v) is 7.97. The first kappa shape index (κ1) is 17.9. The molecule has 1 atom stereocenters. The molecule has 0 bridgehead atoms. The summed E-state index contributed by atoms with van der Waals surface area (Å²) in [5.74, 6) is 0.152. The van der Waals surface area contributed by atoms with Crippen molar-refractivity contribution < 1.29 is 17.9 Å². The summed E-state index contributed by atoms with van der Waals surface area (Å²) >= 11 is 0. The molecule has 0 aromatic heterocycles. The largest absolute Gasteiger partial charge is 0.466 e. The van der Waals surface area contributed by atoms with Crippen LogP contribution in [0, 0.1) is 12.8 Å². The molecule has 0 saturated carbocycles. The minimum atomic E-state index is -3.40. The third-order valence-corrected chi connectivity index (χ3v) is 6.09. The lowest BCUT2D eigenvalue weighted by Crippen LogP contribution is -2.28. The maximum atomic E-state index is 12.6. The van der Waals surface area contributed by atoms with Gasteiger partial charge in [-0.25, -0.2) is 8.42 Å². The van der Waals surface area contributed by atoms with Gasteiger partial charge in [-0.15, -0.1) is 0 Å². The summed E-state index contributed by atoms with van der Waals surface area (Å²) in [6.45, 7) is 5.23. The van der Waals surface area contributed by atoms with Gasteiger partial charge in [0.2, 0.25) is 10.0 Å². The first-order valence-electron chi connectivity index (χ1n) is 8.16. The molecule has 6 heteroatoms. The molecule has 1 aromatic carbocycles. The molecule has 0 radical (unpaired) electrons. The number of benzene rings is 1. The summed E-state index contributed by atoms with van der Waals surface area (Å²) in [6.07, 6.45) is 2.88. The molecule has 1 aliphatic rings. The summed E-state index contributed by atoms with van der Waals surface area (Å²) in [5.41, 5.74) is 1.04. The number of carbonyl (C=O) groups is 1. The molecule has 1 unspecified atom stereocenters. The average Bonchev–Trinajstić information content (AvgIpc) is 2.97. The van der Waals surface area contributed by atoms with E-state index in [9.17, 15) is 13.2 Å². The van der Waals surface area contributed by atoms with Gasteiger partial charge in [0.15, 0.2) is 0 Å². The fourth-order valence-electron chi connectivity index (χ4n) is 2.88. The molecule has 1 saturated heterocycles. The van der Waals surface area contributed by atoms with Crippen LogP contribution in [0.3, 0.4) is 0 Å². The smallest absolute Gasteiger partial charge is 0.305 e. The summed E-state index contributed by atoms with van der Waals surface area (Å²) in [6, 6.07) is 6.97. The van der Waals surface area contributed by atoms with E-state index in [4.69, 9.17) is 4.74 Å². The quantitative estimate of drug-likeness (QED) is 0.717. The molecule has 128 valence electrons. The van der Waals surface area contributed by atoms with E-state index in [1.54, 1.807) is 23.4 Å². The Hall–Kier alpha value is -1.40. The van der Waals surface area contributed by atoms with Crippen LogP contribution in [0.2, 0.25) is 0 Å². The van der Waals surface area contributed by atoms with Crippen molar-refractivity contribution in [1.82, 2.24) is 4.31 Å². The number of ether oxygens (including phenoxy) is 1. The highest BCUT2D eigenvalue weighted by atomic mass is 32.2. The average molecular weight is 339 g/mol. The van der Waals surface area contributed by atoms with Gasteiger partial charge in [0.25, 0.3) is 0 Å². The second-order valence-electron chi connectivity index (χ2n) is 6.03. The number of aryl methyl sites for hydroxylation is 1. The molecule has 2 rings (SSSR count). The van der Waals surface area contributed by atoms with Crippen LogP contribution >= 0.6 is 0 Å². The van der Waals surface area contributed by atoms with Crippen LogP contribution in [0.1, 0.15) is 38.2 Å². The van der Waals surface area contributed by atoms with Crippen LogP contribution in [-0.2, 0) is 19.6 Å². The van der Waals surface area contributed by atoms with E-state index >= 15 is 0 Å². The van der Waals surface area contributed by atoms with Crippen molar-refractivity contribution in [2.45, 2.75) is 44.4 Å². The predicted octanol–water partition coefficient (Wildman–Crippen LogP) is 2.74. The molecule has 0 aliphatic carbocycles. The number of hydrogen-bond donors (Lipinski definition) is 0. The molecule has 1 aliphatic heterocycles. The fraction of sp³-hybridized carbons (Fsp3) is 0.588. The van der Waals surface area contributed by atoms with Crippen molar-refractivity contribution in [3.05, 3.63) is 29.8 Å². The molecule has 0 amide bonds. The van der Waals surface area contributed by atoms with Gasteiger partial charge in [0.05, 0.1) is 11.5 Å². The zero-order chi connectivity index (χ0) is 16.9. The van der Waals surface area contributed by atoms with Gasteiger partial charge in [-0.1, -0.05) is 17.7 Å². The normalized spacial score (nSPS) is 19.0. The van der Waals surface area contributed by atoms with E-state index in [0.29, 0.717) is 36.9 Å². The predicted molar refractivity (Wildman–Crippen MR) is 88.5 cm³/mol. The van der Waals surface area contributed by atoms with Crippen LogP contribution < -0.4 is 0 Å². The Labute approximate surface area is 138 Å². The topological polar surface area (TPSA) is 63.7 Å². The van der Waals surface area contributed by atoms with Gasteiger partial charge >= 0.3 is 5.97 Å². The van der Waals surface area contributed by atoms with Crippen LogP contribution in [-0.4, -0.2) is 38.4 Å². The summed E-state index contributed by atoms with van der Waals surface area (Å²) in [5, 5.41) is 0. The van der Waals surface area contributed by atoms with Crippen molar-refractivity contribution in [2.75, 3.05) is 19.7 Å². The Bertz CT molecular complexity index is 624. The highest BCUT2D eigenvalue weighted by molar-refractivity contribution is 7.89. The number of esters is 1. The zero-order valence-electron chi connectivity index (χ0n) is 13.8. The van der Waals surface area contributed by atoms with Gasteiger partial charge in [0.1, 0.15) is 0 Å². The van der Waals surface area contributed by atoms with Crippen LogP contribution in [0.25, 0.3) is 0 Å². The Kier molecular flexibility index (Phi) is 6.18. The first-order chi connectivity index (χ1) is 10.9. The second kappa shape index (κ2) is 7.93. The van der Waals surface area contributed by atoms with Gasteiger partial charge < -0.3 is 4.74 Å². The molecule has 23 heavy (non-hydrogen) atoms. The summed E-state index contributed by atoms with van der Waals surface area (Å²) in [4.78, 5) is 11.7. The van der Waals surface area contributed by atoms with E-state index in [-0.39, 0.29) is 5.97 Å². The van der Waals surface area contributed by atoms with Crippen molar-refractivity contribution in [3.63, 3.8) is 0 Å². The third-order valence-electron chi connectivity index (χ3n) is 4.21. The van der Waals surface area contributed by atoms with Crippen molar-refractivity contribution in [1.29, 1.82) is 0 Å². The van der Waals surface area contributed by atoms with Crippen molar-refractivity contribution in [2.24, 2.45) is 5.92 Å². The molecule has 1 heterocycles. The van der Waals surface area contributed by atoms with E-state index in [0.717, 1.165) is 24.8 Å². The maximum Gasteiger partial charge on any atom is 0.305 e. The maximum absolute atomic E-state index is 12.6. The monoisotopic (exact) mass is 339 g/mol. The van der Waals surface area contributed by atoms with E-state index < -0.39 is 10.0 Å². The Balaban J connectivity index is 1.87. The van der Waals surface area contributed by atoms with Crippen LogP contribution in [0.15, 0.2) is 29.2 Å². The lowest BCUT2D eigenvalue weighted by Gasteiger charge is -2.16. The SMILES string of the molecule is CCOC(=O)CCCC1CCN(S(=O)(=O)c2ccc(C)cc2)C1. The van der Waals surface area contributed by atoms with Crippen LogP contribution in [0.5, 0.6) is 0 Å². The highest BCUT2D eigenvalue weighted by Gasteiger charge is 2.32. The van der Waals surface area contributed by atoms with Gasteiger partial charge in [0, 0.05) is 19.5 Å². The van der Waals surface area contributed by atoms with E-state index in [1.807, 2.05) is 19.1 Å². The van der Waals surface area contributed by atoms with E-state index in [2.05, 4.69) is 0 Å². The molecule has 1 fully saturated rings. The zero-order valence-corrected chi connectivity index (χ0v) is 14.6. The molecule has 0 spiro atoms.